The van der Waals surface area contributed by atoms with Crippen molar-refractivity contribution in [2.45, 2.75) is 13.0 Å². The predicted octanol–water partition coefficient (Wildman–Crippen LogP) is 0.839. The summed E-state index contributed by atoms with van der Waals surface area (Å²) in [5.41, 5.74) is 13.0. The number of rotatable bonds is 5. The summed E-state index contributed by atoms with van der Waals surface area (Å²) in [5.74, 6) is -0.459. The minimum absolute atomic E-state index is 0.0802. The fraction of sp³-hybridized carbons (Fsp3) is 0.417. The first-order valence-electron chi connectivity index (χ1n) is 5.39. The van der Waals surface area contributed by atoms with Gasteiger partial charge in [-0.1, -0.05) is 0 Å². The van der Waals surface area contributed by atoms with Crippen LogP contribution in [0.2, 0.25) is 0 Å². The lowest BCUT2D eigenvalue weighted by Gasteiger charge is -2.24. The number of carbonyl (C=O) groups excluding carboxylic acids is 1. The van der Waals surface area contributed by atoms with Gasteiger partial charge >= 0.3 is 0 Å². The highest BCUT2D eigenvalue weighted by Crippen LogP contribution is 2.23. The quantitative estimate of drug-likeness (QED) is 0.743. The second-order valence-electron chi connectivity index (χ2n) is 4.06. The first-order chi connectivity index (χ1) is 7.95. The van der Waals surface area contributed by atoms with Gasteiger partial charge in [-0.2, -0.15) is 0 Å². The van der Waals surface area contributed by atoms with E-state index >= 15 is 0 Å². The third-order valence-electron chi connectivity index (χ3n) is 2.66. The molecule has 4 N–H and O–H groups in total. The molecule has 0 fully saturated rings. The van der Waals surface area contributed by atoms with E-state index in [0.717, 1.165) is 5.69 Å². The molecule has 0 heterocycles. The molecule has 1 atom stereocenters. The summed E-state index contributed by atoms with van der Waals surface area (Å²) in [5, 5.41) is 0. The van der Waals surface area contributed by atoms with E-state index in [1.54, 1.807) is 25.3 Å². The Balaban J connectivity index is 2.95. The standard InChI is InChI=1S/C12H19N3O2/c1-8(17-3)7-15(2)11-6-9(12(14)16)4-5-10(11)13/h4-6,8H,7,13H2,1-3H3,(H2,14,16). The van der Waals surface area contributed by atoms with Crippen LogP contribution in [0.3, 0.4) is 0 Å². The first kappa shape index (κ1) is 13.3. The first-order valence-corrected chi connectivity index (χ1v) is 5.39. The van der Waals surface area contributed by atoms with E-state index in [2.05, 4.69) is 0 Å². The Labute approximate surface area is 101 Å². The maximum atomic E-state index is 11.1. The zero-order valence-corrected chi connectivity index (χ0v) is 10.4. The molecule has 0 bridgehead atoms. The Morgan fingerprint density at radius 3 is 2.71 bits per heavy atom. The van der Waals surface area contributed by atoms with Gasteiger partial charge < -0.3 is 21.1 Å². The number of anilines is 2. The van der Waals surface area contributed by atoms with E-state index in [0.29, 0.717) is 17.8 Å². The summed E-state index contributed by atoms with van der Waals surface area (Å²) in [6, 6.07) is 5.00. The van der Waals surface area contributed by atoms with Gasteiger partial charge in [0.2, 0.25) is 5.91 Å². The Morgan fingerprint density at radius 1 is 1.53 bits per heavy atom. The van der Waals surface area contributed by atoms with E-state index in [-0.39, 0.29) is 6.10 Å². The van der Waals surface area contributed by atoms with Crippen molar-refractivity contribution < 1.29 is 9.53 Å². The van der Waals surface area contributed by atoms with Crippen LogP contribution in [0, 0.1) is 0 Å². The van der Waals surface area contributed by atoms with Crippen molar-refractivity contribution in [2.24, 2.45) is 5.73 Å². The van der Waals surface area contributed by atoms with Crippen LogP contribution in [-0.4, -0.2) is 32.7 Å². The number of nitrogen functional groups attached to an aromatic ring is 1. The largest absolute Gasteiger partial charge is 0.397 e. The van der Waals surface area contributed by atoms with Crippen molar-refractivity contribution in [3.05, 3.63) is 23.8 Å². The second-order valence-corrected chi connectivity index (χ2v) is 4.06. The van der Waals surface area contributed by atoms with Gasteiger partial charge in [0.15, 0.2) is 0 Å². The average molecular weight is 237 g/mol. The minimum atomic E-state index is -0.459. The molecule has 17 heavy (non-hydrogen) atoms. The molecule has 0 aliphatic rings. The third-order valence-corrected chi connectivity index (χ3v) is 2.66. The van der Waals surface area contributed by atoms with E-state index in [4.69, 9.17) is 16.2 Å². The highest BCUT2D eigenvalue weighted by atomic mass is 16.5. The molecule has 5 nitrogen and oxygen atoms in total. The molecule has 1 amide bonds. The maximum Gasteiger partial charge on any atom is 0.248 e. The van der Waals surface area contributed by atoms with Crippen molar-refractivity contribution in [1.29, 1.82) is 0 Å². The van der Waals surface area contributed by atoms with Crippen molar-refractivity contribution in [2.75, 3.05) is 31.3 Å². The van der Waals surface area contributed by atoms with Crippen LogP contribution in [0.15, 0.2) is 18.2 Å². The second kappa shape index (κ2) is 5.54. The maximum absolute atomic E-state index is 11.1. The third kappa shape index (κ3) is 3.35. The number of benzene rings is 1. The highest BCUT2D eigenvalue weighted by Gasteiger charge is 2.11. The minimum Gasteiger partial charge on any atom is -0.397 e. The molecule has 1 aromatic carbocycles. The van der Waals surface area contributed by atoms with Crippen molar-refractivity contribution in [3.63, 3.8) is 0 Å². The zero-order chi connectivity index (χ0) is 13.0. The molecule has 0 aliphatic carbocycles. The van der Waals surface area contributed by atoms with Gasteiger partial charge in [0, 0.05) is 26.3 Å². The molecule has 5 heteroatoms. The number of nitrogens with two attached hydrogens (primary N) is 2. The molecular weight excluding hydrogens is 218 g/mol. The van der Waals surface area contributed by atoms with Crippen LogP contribution in [0.1, 0.15) is 17.3 Å². The summed E-state index contributed by atoms with van der Waals surface area (Å²) in [7, 11) is 3.55. The normalized spacial score (nSPS) is 12.2. The lowest BCUT2D eigenvalue weighted by molar-refractivity contribution is 0.100. The van der Waals surface area contributed by atoms with E-state index in [1.807, 2.05) is 18.9 Å². The number of nitrogens with zero attached hydrogens (tertiary/aromatic N) is 1. The number of primary amides is 1. The molecule has 0 radical (unpaired) electrons. The zero-order valence-electron chi connectivity index (χ0n) is 10.4. The van der Waals surface area contributed by atoms with Crippen LogP contribution in [0.5, 0.6) is 0 Å². The van der Waals surface area contributed by atoms with Gasteiger partial charge in [-0.3, -0.25) is 4.79 Å². The van der Waals surface area contributed by atoms with E-state index < -0.39 is 5.91 Å². The van der Waals surface area contributed by atoms with Crippen molar-refractivity contribution >= 4 is 17.3 Å². The summed E-state index contributed by atoms with van der Waals surface area (Å²) in [4.78, 5) is 13.0. The molecule has 0 aromatic heterocycles. The number of amides is 1. The Morgan fingerprint density at radius 2 is 2.18 bits per heavy atom. The number of ether oxygens (including phenoxy) is 1. The molecule has 0 saturated heterocycles. The van der Waals surface area contributed by atoms with Gasteiger partial charge in [0.1, 0.15) is 0 Å². The fourth-order valence-electron chi connectivity index (χ4n) is 1.59. The van der Waals surface area contributed by atoms with Gasteiger partial charge in [-0.25, -0.2) is 0 Å². The molecule has 1 unspecified atom stereocenters. The molecular formula is C12H19N3O2. The highest BCUT2D eigenvalue weighted by molar-refractivity contribution is 5.95. The smallest absolute Gasteiger partial charge is 0.248 e. The van der Waals surface area contributed by atoms with E-state index in [1.165, 1.54) is 0 Å². The molecule has 1 rings (SSSR count). The number of methoxy groups -OCH3 is 1. The van der Waals surface area contributed by atoms with Gasteiger partial charge in [-0.15, -0.1) is 0 Å². The van der Waals surface area contributed by atoms with Crippen molar-refractivity contribution in [1.82, 2.24) is 0 Å². The molecule has 0 spiro atoms. The van der Waals surface area contributed by atoms with Gasteiger partial charge in [0.05, 0.1) is 17.5 Å². The Bertz CT molecular complexity index is 407. The summed E-state index contributed by atoms with van der Waals surface area (Å²) in [6.07, 6.45) is 0.0802. The average Bonchev–Trinajstić information content (AvgIpc) is 2.28. The number of hydrogen-bond donors (Lipinski definition) is 2. The monoisotopic (exact) mass is 237 g/mol. The molecule has 1 aromatic rings. The summed E-state index contributed by atoms with van der Waals surface area (Å²) < 4.78 is 5.19. The number of carbonyl (C=O) groups is 1. The van der Waals surface area contributed by atoms with Crippen LogP contribution >= 0.6 is 0 Å². The fourth-order valence-corrected chi connectivity index (χ4v) is 1.59. The number of hydrogen-bond acceptors (Lipinski definition) is 4. The van der Waals surface area contributed by atoms with Crippen LogP contribution in [0.4, 0.5) is 11.4 Å². The summed E-state index contributed by atoms with van der Waals surface area (Å²) in [6.45, 7) is 2.65. The predicted molar refractivity (Wildman–Crippen MR) is 69.1 cm³/mol. The molecule has 0 saturated carbocycles. The van der Waals surface area contributed by atoms with Gasteiger partial charge in [0.25, 0.3) is 0 Å². The Hall–Kier alpha value is -1.75. The van der Waals surface area contributed by atoms with E-state index in [9.17, 15) is 4.79 Å². The lowest BCUT2D eigenvalue weighted by atomic mass is 10.1. The lowest BCUT2D eigenvalue weighted by Crippen LogP contribution is -2.29. The van der Waals surface area contributed by atoms with Crippen LogP contribution in [-0.2, 0) is 4.74 Å². The number of likely N-dealkylation sites (N-methyl/N-ethyl adjacent to an activating group) is 1. The Kier molecular flexibility index (Phi) is 4.34. The van der Waals surface area contributed by atoms with Crippen LogP contribution < -0.4 is 16.4 Å². The topological polar surface area (TPSA) is 81.6 Å². The SMILES string of the molecule is COC(C)CN(C)c1cc(C(N)=O)ccc1N. The van der Waals surface area contributed by atoms with Crippen LogP contribution in [0.25, 0.3) is 0 Å². The van der Waals surface area contributed by atoms with Crippen molar-refractivity contribution in [3.8, 4) is 0 Å². The van der Waals surface area contributed by atoms with Gasteiger partial charge in [-0.05, 0) is 25.1 Å². The molecule has 0 aliphatic heterocycles. The summed E-state index contributed by atoms with van der Waals surface area (Å²) >= 11 is 0. The molecule has 94 valence electrons.